The molecule has 3 aliphatic rings. The topological polar surface area (TPSA) is 71.1 Å². The zero-order valence-corrected chi connectivity index (χ0v) is 17.1. The van der Waals surface area contributed by atoms with E-state index in [4.69, 9.17) is 18.9 Å². The van der Waals surface area contributed by atoms with Gasteiger partial charge in [0.1, 0.15) is 12.2 Å². The van der Waals surface area contributed by atoms with Crippen LogP contribution < -0.4 is 0 Å². The minimum Gasteiger partial charge on any atom is -0.461 e. The van der Waals surface area contributed by atoms with Crippen LogP contribution in [0, 0.1) is 17.8 Å². The van der Waals surface area contributed by atoms with E-state index in [9.17, 15) is 9.59 Å². The van der Waals surface area contributed by atoms with Crippen LogP contribution in [0.3, 0.4) is 0 Å². The van der Waals surface area contributed by atoms with Gasteiger partial charge < -0.3 is 18.9 Å². The van der Waals surface area contributed by atoms with Gasteiger partial charge in [-0.05, 0) is 26.7 Å². The number of carbonyl (C=O) groups is 2. The Balaban J connectivity index is 1.98. The molecular weight excluding hydrogens is 348 g/mol. The quantitative estimate of drug-likeness (QED) is 0.550. The lowest BCUT2D eigenvalue weighted by Gasteiger charge is -2.37. The van der Waals surface area contributed by atoms with Crippen LogP contribution >= 0.6 is 0 Å². The monoisotopic (exact) mass is 380 g/mol. The van der Waals surface area contributed by atoms with Crippen molar-refractivity contribution in [2.45, 2.75) is 83.9 Å². The van der Waals surface area contributed by atoms with E-state index in [0.717, 1.165) is 12.8 Å². The van der Waals surface area contributed by atoms with Gasteiger partial charge in [0, 0.05) is 30.9 Å². The Hall–Kier alpha value is -1.40. The molecule has 6 nitrogen and oxygen atoms in total. The molecule has 152 valence electrons. The molecule has 3 aliphatic heterocycles. The fourth-order valence-corrected chi connectivity index (χ4v) is 4.72. The normalized spacial score (nSPS) is 41.6. The summed E-state index contributed by atoms with van der Waals surface area (Å²) in [4.78, 5) is 24.6. The van der Waals surface area contributed by atoms with Gasteiger partial charge in [0.25, 0.3) is 0 Å². The number of esters is 2. The Labute approximate surface area is 161 Å². The zero-order valence-electron chi connectivity index (χ0n) is 17.1. The first kappa shape index (κ1) is 20.3. The number of carbonyl (C=O) groups excluding carboxylic acids is 2. The molecule has 0 spiro atoms. The summed E-state index contributed by atoms with van der Waals surface area (Å²) in [6.45, 7) is 14.2. The molecule has 0 amide bonds. The third-order valence-corrected chi connectivity index (χ3v) is 6.24. The zero-order chi connectivity index (χ0) is 20.0. The number of ether oxygens (including phenoxy) is 4. The van der Waals surface area contributed by atoms with Gasteiger partial charge >= 0.3 is 11.9 Å². The molecule has 0 aromatic rings. The SMILES string of the molecule is C=C1C(=O)OC2CC(C)C3(OCC)CCC(C)(CC(OC(=O)C(C)C)C12)O3. The van der Waals surface area contributed by atoms with E-state index in [0.29, 0.717) is 25.0 Å². The summed E-state index contributed by atoms with van der Waals surface area (Å²) in [7, 11) is 0. The summed E-state index contributed by atoms with van der Waals surface area (Å²) in [5.41, 5.74) is -0.104. The maximum atomic E-state index is 12.4. The molecule has 27 heavy (non-hydrogen) atoms. The Morgan fingerprint density at radius 3 is 2.70 bits per heavy atom. The number of hydrogen-bond donors (Lipinski definition) is 0. The molecule has 2 bridgehead atoms. The van der Waals surface area contributed by atoms with Crippen LogP contribution in [0.15, 0.2) is 12.2 Å². The highest BCUT2D eigenvalue weighted by Crippen LogP contribution is 2.51. The fraction of sp³-hybridized carbons (Fsp3) is 0.810. The van der Waals surface area contributed by atoms with Gasteiger partial charge in [0.05, 0.1) is 17.4 Å². The summed E-state index contributed by atoms with van der Waals surface area (Å²) in [6, 6.07) is 0. The third-order valence-electron chi connectivity index (χ3n) is 6.24. The van der Waals surface area contributed by atoms with Crippen LogP contribution in [0.5, 0.6) is 0 Å². The average Bonchev–Trinajstić information content (AvgIpc) is 3.05. The Morgan fingerprint density at radius 1 is 1.37 bits per heavy atom. The van der Waals surface area contributed by atoms with Crippen molar-refractivity contribution in [3.05, 3.63) is 12.2 Å². The van der Waals surface area contributed by atoms with E-state index in [2.05, 4.69) is 13.5 Å². The van der Waals surface area contributed by atoms with E-state index in [1.54, 1.807) is 13.8 Å². The van der Waals surface area contributed by atoms with E-state index in [-0.39, 0.29) is 29.8 Å². The summed E-state index contributed by atoms with van der Waals surface area (Å²) in [5, 5.41) is 0. The predicted molar refractivity (Wildman–Crippen MR) is 98.7 cm³/mol. The van der Waals surface area contributed by atoms with Crippen molar-refractivity contribution in [1.29, 1.82) is 0 Å². The van der Waals surface area contributed by atoms with Crippen molar-refractivity contribution in [1.82, 2.24) is 0 Å². The molecular formula is C21H32O6. The van der Waals surface area contributed by atoms with Gasteiger partial charge in [-0.15, -0.1) is 0 Å². The van der Waals surface area contributed by atoms with Crippen LogP contribution in [0.1, 0.15) is 60.3 Å². The molecule has 3 rings (SSSR count). The molecule has 0 aromatic heterocycles. The summed E-state index contributed by atoms with van der Waals surface area (Å²) < 4.78 is 24.1. The van der Waals surface area contributed by atoms with E-state index < -0.39 is 23.5 Å². The van der Waals surface area contributed by atoms with Gasteiger partial charge in [0.2, 0.25) is 0 Å². The minimum absolute atomic E-state index is 0.0324. The molecule has 0 radical (unpaired) electrons. The second-order valence-electron chi connectivity index (χ2n) is 8.76. The van der Waals surface area contributed by atoms with Gasteiger partial charge in [-0.25, -0.2) is 4.79 Å². The molecule has 0 N–H and O–H groups in total. The van der Waals surface area contributed by atoms with E-state index in [1.807, 2.05) is 13.8 Å². The summed E-state index contributed by atoms with van der Waals surface area (Å²) in [6.07, 6.45) is 1.78. The number of hydrogen-bond acceptors (Lipinski definition) is 6. The molecule has 0 saturated carbocycles. The lowest BCUT2D eigenvalue weighted by Crippen LogP contribution is -2.43. The first-order valence-corrected chi connectivity index (χ1v) is 10.0. The molecule has 0 aliphatic carbocycles. The standard InChI is InChI=1S/C21H32O6/c1-7-24-21-9-8-20(6,27-21)11-16(26-18(22)12(2)3)17-14(5)19(23)25-15(17)10-13(21)4/h12-13,15-17H,5,7-11H2,1-4,6H3. The van der Waals surface area contributed by atoms with Crippen molar-refractivity contribution in [3.63, 3.8) is 0 Å². The van der Waals surface area contributed by atoms with Gasteiger partial charge in [-0.2, -0.15) is 0 Å². The first-order valence-electron chi connectivity index (χ1n) is 10.0. The van der Waals surface area contributed by atoms with Gasteiger partial charge in [-0.1, -0.05) is 27.4 Å². The minimum atomic E-state index is -0.693. The number of rotatable bonds is 4. The highest BCUT2D eigenvalue weighted by atomic mass is 16.7. The fourth-order valence-electron chi connectivity index (χ4n) is 4.72. The largest absolute Gasteiger partial charge is 0.461 e. The molecule has 6 heteroatoms. The van der Waals surface area contributed by atoms with Crippen molar-refractivity contribution >= 4 is 11.9 Å². The van der Waals surface area contributed by atoms with Crippen molar-refractivity contribution in [2.75, 3.05) is 6.61 Å². The smallest absolute Gasteiger partial charge is 0.334 e. The number of fused-ring (bicyclic) bond motifs is 3. The molecule has 3 heterocycles. The lowest BCUT2D eigenvalue weighted by atomic mass is 9.78. The second-order valence-corrected chi connectivity index (χ2v) is 8.76. The Bertz CT molecular complexity index is 628. The molecule has 6 unspecified atom stereocenters. The maximum Gasteiger partial charge on any atom is 0.334 e. The van der Waals surface area contributed by atoms with Gasteiger partial charge in [-0.3, -0.25) is 4.79 Å². The molecule has 3 saturated heterocycles. The van der Waals surface area contributed by atoms with Gasteiger partial charge in [0.15, 0.2) is 5.79 Å². The highest BCUT2D eigenvalue weighted by molar-refractivity contribution is 5.91. The van der Waals surface area contributed by atoms with E-state index >= 15 is 0 Å². The van der Waals surface area contributed by atoms with Crippen molar-refractivity contribution in [3.8, 4) is 0 Å². The van der Waals surface area contributed by atoms with Crippen molar-refractivity contribution in [2.24, 2.45) is 17.8 Å². The Kier molecular flexibility index (Phi) is 5.43. The summed E-state index contributed by atoms with van der Waals surface area (Å²) >= 11 is 0. The highest BCUT2D eigenvalue weighted by Gasteiger charge is 2.57. The summed E-state index contributed by atoms with van der Waals surface area (Å²) in [5.74, 6) is -1.93. The molecule has 3 fully saturated rings. The predicted octanol–water partition coefficient (Wildman–Crippen LogP) is 3.38. The van der Waals surface area contributed by atoms with Crippen molar-refractivity contribution < 1.29 is 28.5 Å². The maximum absolute atomic E-state index is 12.4. The molecule has 6 atom stereocenters. The van der Waals surface area contributed by atoms with E-state index in [1.165, 1.54) is 0 Å². The van der Waals surface area contributed by atoms with Crippen LogP contribution in [-0.4, -0.2) is 42.1 Å². The van der Waals surface area contributed by atoms with Crippen LogP contribution in [0.25, 0.3) is 0 Å². The molecule has 0 aromatic carbocycles. The third kappa shape index (κ3) is 3.66. The Morgan fingerprint density at radius 2 is 2.07 bits per heavy atom. The van der Waals surface area contributed by atoms with Crippen LogP contribution in [-0.2, 0) is 28.5 Å². The van der Waals surface area contributed by atoms with Crippen LogP contribution in [0.2, 0.25) is 0 Å². The van der Waals surface area contributed by atoms with Crippen LogP contribution in [0.4, 0.5) is 0 Å². The first-order chi connectivity index (χ1) is 12.6. The second kappa shape index (κ2) is 7.21. The lowest BCUT2D eigenvalue weighted by molar-refractivity contribution is -0.275. The average molecular weight is 380 g/mol.